The second-order valence-electron chi connectivity index (χ2n) is 3.94. The third-order valence-corrected chi connectivity index (χ3v) is 0.884. The maximum Gasteiger partial charge on any atom is 0 e. The molecule has 0 saturated carbocycles. The van der Waals surface area contributed by atoms with Gasteiger partial charge in [-0.25, -0.2) is 0 Å². The average molecular weight is 172 g/mol. The van der Waals surface area contributed by atoms with Crippen LogP contribution in [0, 0.1) is 11.3 Å². The molecule has 0 bridgehead atoms. The van der Waals surface area contributed by atoms with Crippen molar-refractivity contribution >= 4 is 0 Å². The standard InChI is InChI=1S/C8H17.Ni/c1-7(2)6-8(3,4)5;/h6H2,1-5H3;/q-1;. The van der Waals surface area contributed by atoms with Gasteiger partial charge in [0.25, 0.3) is 0 Å². The zero-order valence-corrected chi connectivity index (χ0v) is 8.01. The molecule has 0 aliphatic carbocycles. The molecule has 60 valence electrons. The van der Waals surface area contributed by atoms with Gasteiger partial charge in [0.15, 0.2) is 0 Å². The van der Waals surface area contributed by atoms with Gasteiger partial charge in [0, 0.05) is 16.5 Å². The monoisotopic (exact) mass is 171 g/mol. The van der Waals surface area contributed by atoms with Gasteiger partial charge in [-0.05, 0) is 0 Å². The minimum atomic E-state index is 0. The third-order valence-electron chi connectivity index (χ3n) is 0.884. The fourth-order valence-electron chi connectivity index (χ4n) is 1.06. The summed E-state index contributed by atoms with van der Waals surface area (Å²) in [6.07, 6.45) is 1.24. The van der Waals surface area contributed by atoms with E-state index < -0.39 is 0 Å². The predicted molar refractivity (Wildman–Crippen MR) is 38.7 cm³/mol. The van der Waals surface area contributed by atoms with Crippen molar-refractivity contribution in [3.8, 4) is 0 Å². The van der Waals surface area contributed by atoms with Gasteiger partial charge in [0.1, 0.15) is 0 Å². The summed E-state index contributed by atoms with van der Waals surface area (Å²) in [6.45, 7) is 11.2. The van der Waals surface area contributed by atoms with Crippen LogP contribution in [0.5, 0.6) is 0 Å². The first-order valence-corrected chi connectivity index (χ1v) is 3.21. The van der Waals surface area contributed by atoms with Gasteiger partial charge in [-0.3, -0.25) is 0 Å². The molecule has 0 unspecified atom stereocenters. The van der Waals surface area contributed by atoms with Crippen LogP contribution in [0.15, 0.2) is 0 Å². The molecular weight excluding hydrogens is 155 g/mol. The minimum Gasteiger partial charge on any atom is -0.319 e. The summed E-state index contributed by atoms with van der Waals surface area (Å²) < 4.78 is 0. The largest absolute Gasteiger partial charge is 0.319 e. The first-order chi connectivity index (χ1) is 3.42. The summed E-state index contributed by atoms with van der Waals surface area (Å²) in [4.78, 5) is 0. The minimum absolute atomic E-state index is 0. The molecule has 0 aliphatic heterocycles. The molecule has 0 aliphatic rings. The summed E-state index contributed by atoms with van der Waals surface area (Å²) in [6, 6.07) is 0. The van der Waals surface area contributed by atoms with Gasteiger partial charge < -0.3 is 5.92 Å². The topological polar surface area (TPSA) is 0 Å². The van der Waals surface area contributed by atoms with E-state index in [1.54, 1.807) is 0 Å². The Morgan fingerprint density at radius 3 is 1.44 bits per heavy atom. The quantitative estimate of drug-likeness (QED) is 0.421. The molecule has 0 amide bonds. The Morgan fingerprint density at radius 2 is 1.44 bits per heavy atom. The van der Waals surface area contributed by atoms with E-state index >= 15 is 0 Å². The van der Waals surface area contributed by atoms with Crippen LogP contribution < -0.4 is 0 Å². The Bertz CT molecular complexity index is 59.5. The summed E-state index contributed by atoms with van der Waals surface area (Å²) >= 11 is 0. The van der Waals surface area contributed by atoms with Crippen LogP contribution in [0.3, 0.4) is 0 Å². The third kappa shape index (κ3) is 11.9. The Kier molecular flexibility index (Phi) is 5.87. The second kappa shape index (κ2) is 4.33. The maximum absolute atomic E-state index is 2.26. The van der Waals surface area contributed by atoms with E-state index in [9.17, 15) is 0 Å². The van der Waals surface area contributed by atoms with Crippen molar-refractivity contribution < 1.29 is 16.5 Å². The molecule has 0 saturated heterocycles. The summed E-state index contributed by atoms with van der Waals surface area (Å²) in [5.41, 5.74) is 0.485. The molecule has 0 radical (unpaired) electrons. The van der Waals surface area contributed by atoms with Crippen molar-refractivity contribution in [1.82, 2.24) is 0 Å². The van der Waals surface area contributed by atoms with Crippen molar-refractivity contribution in [3.63, 3.8) is 0 Å². The number of hydrogen-bond donors (Lipinski definition) is 0. The van der Waals surface area contributed by atoms with Crippen molar-refractivity contribution in [2.45, 2.75) is 41.0 Å². The van der Waals surface area contributed by atoms with Gasteiger partial charge >= 0.3 is 0 Å². The van der Waals surface area contributed by atoms with Crippen LogP contribution in [0.1, 0.15) is 41.0 Å². The van der Waals surface area contributed by atoms with Gasteiger partial charge in [0.2, 0.25) is 0 Å². The van der Waals surface area contributed by atoms with E-state index in [0.29, 0.717) is 5.41 Å². The molecule has 0 nitrogen and oxygen atoms in total. The Hall–Kier alpha value is 0.494. The van der Waals surface area contributed by atoms with E-state index in [-0.39, 0.29) is 16.5 Å². The molecule has 0 fully saturated rings. The molecule has 0 rings (SSSR count). The average Bonchev–Trinajstić information content (AvgIpc) is 1.21. The fraction of sp³-hybridized carbons (Fsp3) is 0.875. The van der Waals surface area contributed by atoms with Crippen molar-refractivity contribution in [2.24, 2.45) is 5.41 Å². The van der Waals surface area contributed by atoms with E-state index in [1.165, 1.54) is 12.3 Å². The Morgan fingerprint density at radius 1 is 1.11 bits per heavy atom. The van der Waals surface area contributed by atoms with E-state index in [4.69, 9.17) is 0 Å². The molecule has 0 atom stereocenters. The molecule has 9 heavy (non-hydrogen) atoms. The zero-order chi connectivity index (χ0) is 6.78. The van der Waals surface area contributed by atoms with Gasteiger partial charge in [-0.15, -0.1) is 0 Å². The van der Waals surface area contributed by atoms with Crippen LogP contribution in [-0.2, 0) is 16.5 Å². The Labute approximate surface area is 69.3 Å². The van der Waals surface area contributed by atoms with E-state index in [0.717, 1.165) is 0 Å². The Balaban J connectivity index is 0. The molecule has 1 heteroatoms. The number of rotatable bonds is 1. The molecule has 0 N–H and O–H groups in total. The van der Waals surface area contributed by atoms with Gasteiger partial charge in [-0.2, -0.15) is 20.3 Å². The first-order valence-electron chi connectivity index (χ1n) is 3.21. The fourth-order valence-corrected chi connectivity index (χ4v) is 1.06. The first kappa shape index (κ1) is 12.2. The van der Waals surface area contributed by atoms with E-state index in [1.807, 2.05) is 0 Å². The molecule has 0 aromatic carbocycles. The van der Waals surface area contributed by atoms with Crippen LogP contribution >= 0.6 is 0 Å². The number of hydrogen-bond acceptors (Lipinski definition) is 0. The zero-order valence-electron chi connectivity index (χ0n) is 7.02. The normalized spacial score (nSPS) is 11.3. The summed E-state index contributed by atoms with van der Waals surface area (Å²) in [5.74, 6) is 1.53. The smallest absolute Gasteiger partial charge is 0 e. The SMILES string of the molecule is C[C-](C)CC(C)(C)C.[Ni]. The van der Waals surface area contributed by atoms with Crippen LogP contribution in [-0.4, -0.2) is 0 Å². The van der Waals surface area contributed by atoms with Crippen LogP contribution in [0.2, 0.25) is 0 Å². The molecular formula is C8H17Ni-. The van der Waals surface area contributed by atoms with Crippen molar-refractivity contribution in [1.29, 1.82) is 0 Å². The molecule has 0 aromatic heterocycles. The van der Waals surface area contributed by atoms with Crippen molar-refractivity contribution in [2.75, 3.05) is 0 Å². The second-order valence-corrected chi connectivity index (χ2v) is 3.94. The van der Waals surface area contributed by atoms with Crippen LogP contribution in [0.4, 0.5) is 0 Å². The molecule has 0 aromatic rings. The maximum atomic E-state index is 2.26. The summed E-state index contributed by atoms with van der Waals surface area (Å²) in [7, 11) is 0. The molecule has 0 heterocycles. The van der Waals surface area contributed by atoms with Gasteiger partial charge in [-0.1, -0.05) is 26.2 Å². The van der Waals surface area contributed by atoms with Gasteiger partial charge in [0.05, 0.1) is 0 Å². The van der Waals surface area contributed by atoms with Crippen LogP contribution in [0.25, 0.3) is 0 Å². The predicted octanol–water partition coefficient (Wildman–Crippen LogP) is 3.03. The van der Waals surface area contributed by atoms with E-state index in [2.05, 4.69) is 34.6 Å². The summed E-state index contributed by atoms with van der Waals surface area (Å²) in [5, 5.41) is 0. The van der Waals surface area contributed by atoms with Crippen molar-refractivity contribution in [3.05, 3.63) is 5.92 Å². The molecule has 0 spiro atoms.